The Bertz CT molecular complexity index is 620. The number of carboxylic acids is 1. The third-order valence-corrected chi connectivity index (χ3v) is 6.04. The minimum atomic E-state index is -0.919. The zero-order valence-electron chi connectivity index (χ0n) is 15.0. The molecule has 0 aromatic heterocycles. The number of aliphatic carboxylic acids is 1. The number of piperidine rings is 1. The largest absolute Gasteiger partial charge is 0.481 e. The zero-order valence-corrected chi connectivity index (χ0v) is 16.6. The van der Waals surface area contributed by atoms with Crippen LogP contribution in [0, 0.1) is 5.41 Å². The zero-order chi connectivity index (χ0) is 18.6. The Morgan fingerprint density at radius 1 is 1.40 bits per heavy atom. The molecular weight excluding hydrogens is 358 g/mol. The van der Waals surface area contributed by atoms with Crippen LogP contribution in [0.3, 0.4) is 0 Å². The van der Waals surface area contributed by atoms with Crippen molar-refractivity contribution in [3.05, 3.63) is 34.9 Å². The molecule has 0 saturated carbocycles. The molecule has 4 nitrogen and oxygen atoms in total. The Labute approximate surface area is 158 Å². The number of likely N-dealkylation sites (tertiary alicyclic amines) is 1. The minimum Gasteiger partial charge on any atom is -0.481 e. The Balaban J connectivity index is 2.24. The van der Waals surface area contributed by atoms with Crippen LogP contribution in [0.1, 0.15) is 51.6 Å². The van der Waals surface area contributed by atoms with E-state index in [1.54, 1.807) is 6.92 Å². The summed E-state index contributed by atoms with van der Waals surface area (Å²) in [6, 6.07) is 7.59. The van der Waals surface area contributed by atoms with Gasteiger partial charge in [0, 0.05) is 17.3 Å². The summed E-state index contributed by atoms with van der Waals surface area (Å²) in [5.41, 5.74) is 0.238. The van der Waals surface area contributed by atoms with E-state index >= 15 is 0 Å². The molecule has 1 aromatic rings. The average molecular weight is 384 g/mol. The molecular formula is C19H26ClNO3S. The molecule has 0 aliphatic carbocycles. The van der Waals surface area contributed by atoms with Crippen LogP contribution in [-0.4, -0.2) is 39.4 Å². The van der Waals surface area contributed by atoms with Crippen molar-refractivity contribution in [3.8, 4) is 0 Å². The van der Waals surface area contributed by atoms with Crippen molar-refractivity contribution < 1.29 is 14.7 Å². The van der Waals surface area contributed by atoms with E-state index in [0.29, 0.717) is 23.2 Å². The van der Waals surface area contributed by atoms with Crippen LogP contribution in [0.5, 0.6) is 0 Å². The maximum atomic E-state index is 13.1. The molecule has 1 heterocycles. The van der Waals surface area contributed by atoms with Gasteiger partial charge in [-0.25, -0.2) is 0 Å². The number of amides is 1. The maximum absolute atomic E-state index is 13.1. The first-order chi connectivity index (χ1) is 11.7. The highest BCUT2D eigenvalue weighted by Gasteiger charge is 2.45. The van der Waals surface area contributed by atoms with Crippen molar-refractivity contribution >= 4 is 35.2 Å². The maximum Gasteiger partial charge on any atom is 0.304 e. The standard InChI is InChI=1S/C19H26ClNO3S/c1-13(2)25-11-10-21-16(14-4-6-15(20)7-5-14)8-9-19(3,18(21)24)12-17(22)23/h4-7,13,16H,8-12H2,1-3H3,(H,22,23)/t16?,19-/m1/s1. The Morgan fingerprint density at radius 2 is 2.04 bits per heavy atom. The molecule has 0 radical (unpaired) electrons. The van der Waals surface area contributed by atoms with Crippen LogP contribution in [0.25, 0.3) is 0 Å². The molecule has 1 aliphatic rings. The third kappa shape index (κ3) is 5.14. The van der Waals surface area contributed by atoms with Gasteiger partial charge in [0.15, 0.2) is 0 Å². The number of hydrogen-bond donors (Lipinski definition) is 1. The van der Waals surface area contributed by atoms with Crippen molar-refractivity contribution in [1.82, 2.24) is 4.90 Å². The Hall–Kier alpha value is -1.20. The number of carbonyl (C=O) groups is 2. The highest BCUT2D eigenvalue weighted by Crippen LogP contribution is 2.42. The van der Waals surface area contributed by atoms with Gasteiger partial charge in [0.05, 0.1) is 17.9 Å². The van der Waals surface area contributed by atoms with Crippen molar-refractivity contribution in [2.24, 2.45) is 5.41 Å². The molecule has 0 bridgehead atoms. The number of thioether (sulfide) groups is 1. The van der Waals surface area contributed by atoms with Gasteiger partial charge in [0.2, 0.25) is 5.91 Å². The SMILES string of the molecule is CC(C)SCCN1C(=O)[C@@](C)(CC(=O)O)CCC1c1ccc(Cl)cc1. The smallest absolute Gasteiger partial charge is 0.304 e. The molecule has 2 atom stereocenters. The van der Waals surface area contributed by atoms with Gasteiger partial charge >= 0.3 is 5.97 Å². The summed E-state index contributed by atoms with van der Waals surface area (Å²) in [6.45, 7) is 6.68. The van der Waals surface area contributed by atoms with Crippen molar-refractivity contribution in [3.63, 3.8) is 0 Å². The lowest BCUT2D eigenvalue weighted by Gasteiger charge is -2.44. The summed E-state index contributed by atoms with van der Waals surface area (Å²) < 4.78 is 0. The lowest BCUT2D eigenvalue weighted by atomic mass is 9.75. The first-order valence-electron chi connectivity index (χ1n) is 8.63. The van der Waals surface area contributed by atoms with Gasteiger partial charge in [-0.2, -0.15) is 11.8 Å². The molecule has 1 amide bonds. The van der Waals surface area contributed by atoms with Gasteiger partial charge in [-0.3, -0.25) is 9.59 Å². The molecule has 1 saturated heterocycles. The molecule has 1 N–H and O–H groups in total. The molecule has 1 unspecified atom stereocenters. The van der Waals surface area contributed by atoms with Crippen LogP contribution in [0.15, 0.2) is 24.3 Å². The number of carboxylic acid groups (broad SMARTS) is 1. The van der Waals surface area contributed by atoms with Gasteiger partial charge in [-0.15, -0.1) is 0 Å². The van der Waals surface area contributed by atoms with Crippen LogP contribution in [-0.2, 0) is 9.59 Å². The van der Waals surface area contributed by atoms with Crippen LogP contribution >= 0.6 is 23.4 Å². The topological polar surface area (TPSA) is 57.6 Å². The fraction of sp³-hybridized carbons (Fsp3) is 0.579. The van der Waals surface area contributed by atoms with E-state index in [1.807, 2.05) is 40.9 Å². The number of hydrogen-bond acceptors (Lipinski definition) is 3. The monoisotopic (exact) mass is 383 g/mol. The van der Waals surface area contributed by atoms with Crippen LogP contribution < -0.4 is 0 Å². The normalized spacial score (nSPS) is 24.0. The third-order valence-electron chi connectivity index (χ3n) is 4.70. The quantitative estimate of drug-likeness (QED) is 0.745. The number of halogens is 1. The summed E-state index contributed by atoms with van der Waals surface area (Å²) in [5.74, 6) is -0.126. The fourth-order valence-corrected chi connectivity index (χ4v) is 4.28. The average Bonchev–Trinajstić information content (AvgIpc) is 2.52. The van der Waals surface area contributed by atoms with E-state index < -0.39 is 11.4 Å². The second kappa shape index (κ2) is 8.45. The lowest BCUT2D eigenvalue weighted by Crippen LogP contribution is -2.50. The van der Waals surface area contributed by atoms with E-state index in [1.165, 1.54) is 0 Å². The minimum absolute atomic E-state index is 0.0144. The predicted molar refractivity (Wildman–Crippen MR) is 103 cm³/mol. The fourth-order valence-electron chi connectivity index (χ4n) is 3.38. The first kappa shape index (κ1) is 20.1. The predicted octanol–water partition coefficient (Wildman–Crippen LogP) is 4.63. The Morgan fingerprint density at radius 3 is 2.60 bits per heavy atom. The highest BCUT2D eigenvalue weighted by atomic mass is 35.5. The molecule has 1 fully saturated rings. The van der Waals surface area contributed by atoms with E-state index in [9.17, 15) is 14.7 Å². The summed E-state index contributed by atoms with van der Waals surface area (Å²) >= 11 is 7.80. The Kier molecular flexibility index (Phi) is 6.80. The van der Waals surface area contributed by atoms with E-state index in [0.717, 1.165) is 17.7 Å². The molecule has 0 spiro atoms. The lowest BCUT2D eigenvalue weighted by molar-refractivity contribution is -0.156. The van der Waals surface area contributed by atoms with E-state index in [-0.39, 0.29) is 18.4 Å². The number of benzene rings is 1. The van der Waals surface area contributed by atoms with Crippen molar-refractivity contribution in [1.29, 1.82) is 0 Å². The van der Waals surface area contributed by atoms with Crippen LogP contribution in [0.4, 0.5) is 0 Å². The van der Waals surface area contributed by atoms with Crippen molar-refractivity contribution in [2.75, 3.05) is 12.3 Å². The van der Waals surface area contributed by atoms with Gasteiger partial charge in [0.25, 0.3) is 0 Å². The molecule has 2 rings (SSSR count). The summed E-state index contributed by atoms with van der Waals surface area (Å²) in [6.07, 6.45) is 1.23. The van der Waals surface area contributed by atoms with Gasteiger partial charge in [-0.1, -0.05) is 44.5 Å². The van der Waals surface area contributed by atoms with E-state index in [2.05, 4.69) is 13.8 Å². The molecule has 25 heavy (non-hydrogen) atoms. The number of nitrogens with zero attached hydrogens (tertiary/aromatic N) is 1. The summed E-state index contributed by atoms with van der Waals surface area (Å²) in [4.78, 5) is 26.2. The van der Waals surface area contributed by atoms with Gasteiger partial charge in [-0.05, 0) is 35.8 Å². The molecule has 1 aliphatic heterocycles. The second-order valence-corrected chi connectivity index (χ2v) is 9.28. The van der Waals surface area contributed by atoms with Crippen LogP contribution in [0.2, 0.25) is 5.02 Å². The van der Waals surface area contributed by atoms with E-state index in [4.69, 9.17) is 11.6 Å². The second-order valence-electron chi connectivity index (χ2n) is 7.16. The first-order valence-corrected chi connectivity index (χ1v) is 10.1. The number of rotatable bonds is 7. The van der Waals surface area contributed by atoms with Crippen molar-refractivity contribution in [2.45, 2.75) is 51.3 Å². The molecule has 138 valence electrons. The molecule has 6 heteroatoms. The van der Waals surface area contributed by atoms with Gasteiger partial charge < -0.3 is 10.0 Å². The summed E-state index contributed by atoms with van der Waals surface area (Å²) in [5, 5.41) is 10.4. The highest BCUT2D eigenvalue weighted by molar-refractivity contribution is 7.99. The molecule has 1 aromatic carbocycles. The summed E-state index contributed by atoms with van der Waals surface area (Å²) in [7, 11) is 0. The number of carbonyl (C=O) groups excluding carboxylic acids is 1. The van der Waals surface area contributed by atoms with Gasteiger partial charge in [0.1, 0.15) is 0 Å².